The lowest BCUT2D eigenvalue weighted by molar-refractivity contribution is -0.146. The Morgan fingerprint density at radius 1 is 1.30 bits per heavy atom. The standard InChI is InChI=1S/C13H10F2N2OS2/c14-13(15,20-12-16-5-6-19-12)11(18)17-7-9-3-1-2-4-10(9)8-17/h1-6H,7-8H2. The maximum absolute atomic E-state index is 14.0. The molecule has 0 atom stereocenters. The number of benzene rings is 1. The van der Waals surface area contributed by atoms with E-state index in [1.807, 2.05) is 24.3 Å². The van der Waals surface area contributed by atoms with Crippen molar-refractivity contribution in [2.75, 3.05) is 0 Å². The first-order valence-corrected chi connectivity index (χ1v) is 7.58. The third kappa shape index (κ3) is 2.55. The minimum atomic E-state index is -3.49. The van der Waals surface area contributed by atoms with Gasteiger partial charge in [0.2, 0.25) is 0 Å². The van der Waals surface area contributed by atoms with Gasteiger partial charge in [-0.25, -0.2) is 4.98 Å². The molecule has 3 nitrogen and oxygen atoms in total. The molecule has 0 saturated carbocycles. The predicted molar refractivity (Wildman–Crippen MR) is 73.6 cm³/mol. The normalized spacial score (nSPS) is 14.4. The van der Waals surface area contributed by atoms with E-state index in [0.29, 0.717) is 0 Å². The number of alkyl halides is 2. The van der Waals surface area contributed by atoms with Crippen molar-refractivity contribution in [1.29, 1.82) is 0 Å². The van der Waals surface area contributed by atoms with Crippen LogP contribution in [0.4, 0.5) is 8.78 Å². The predicted octanol–water partition coefficient (Wildman–Crippen LogP) is 3.37. The summed E-state index contributed by atoms with van der Waals surface area (Å²) in [6.45, 7) is 0.478. The maximum Gasteiger partial charge on any atom is 0.377 e. The van der Waals surface area contributed by atoms with Crippen LogP contribution in [0.5, 0.6) is 0 Å². The average Bonchev–Trinajstić information content (AvgIpc) is 3.05. The van der Waals surface area contributed by atoms with Gasteiger partial charge in [0.15, 0.2) is 4.34 Å². The highest BCUT2D eigenvalue weighted by molar-refractivity contribution is 8.02. The Morgan fingerprint density at radius 2 is 1.95 bits per heavy atom. The van der Waals surface area contributed by atoms with Crippen molar-refractivity contribution in [3.05, 3.63) is 47.0 Å². The molecule has 0 N–H and O–H groups in total. The first kappa shape index (κ1) is 13.5. The molecule has 20 heavy (non-hydrogen) atoms. The zero-order valence-electron chi connectivity index (χ0n) is 10.3. The number of thiazole rings is 1. The van der Waals surface area contributed by atoms with Crippen LogP contribution in [-0.2, 0) is 17.9 Å². The second-order valence-corrected chi connectivity index (χ2v) is 6.60. The topological polar surface area (TPSA) is 33.2 Å². The van der Waals surface area contributed by atoms with Crippen molar-refractivity contribution in [3.63, 3.8) is 0 Å². The SMILES string of the molecule is O=C(N1Cc2ccccc2C1)C(F)(F)Sc1nccs1. The lowest BCUT2D eigenvalue weighted by atomic mass is 10.1. The second-order valence-electron chi connectivity index (χ2n) is 4.35. The Kier molecular flexibility index (Phi) is 3.47. The summed E-state index contributed by atoms with van der Waals surface area (Å²) in [5, 5.41) is -1.88. The molecule has 0 saturated heterocycles. The molecule has 0 aliphatic carbocycles. The first-order valence-electron chi connectivity index (χ1n) is 5.89. The lowest BCUT2D eigenvalue weighted by Gasteiger charge is -2.21. The second kappa shape index (κ2) is 5.14. The Balaban J connectivity index is 1.73. The third-order valence-electron chi connectivity index (χ3n) is 3.00. The smallest absolute Gasteiger partial charge is 0.328 e. The number of fused-ring (bicyclic) bond motifs is 1. The molecule has 0 fully saturated rings. The van der Waals surface area contributed by atoms with Gasteiger partial charge < -0.3 is 4.90 Å². The third-order valence-corrected chi connectivity index (χ3v) is 4.82. The van der Waals surface area contributed by atoms with Gasteiger partial charge in [0.1, 0.15) is 0 Å². The molecule has 1 amide bonds. The van der Waals surface area contributed by atoms with Crippen LogP contribution in [-0.4, -0.2) is 21.0 Å². The van der Waals surface area contributed by atoms with Crippen molar-refractivity contribution < 1.29 is 13.6 Å². The highest BCUT2D eigenvalue weighted by Crippen LogP contribution is 2.39. The number of thioether (sulfide) groups is 1. The zero-order chi connectivity index (χ0) is 14.2. The number of rotatable bonds is 3. The van der Waals surface area contributed by atoms with Gasteiger partial charge in [-0.05, 0) is 22.9 Å². The van der Waals surface area contributed by atoms with E-state index in [9.17, 15) is 13.6 Å². The van der Waals surface area contributed by atoms with Crippen molar-refractivity contribution in [1.82, 2.24) is 9.88 Å². The molecular formula is C13H10F2N2OS2. The number of carbonyl (C=O) groups excluding carboxylic acids is 1. The van der Waals surface area contributed by atoms with E-state index in [2.05, 4.69) is 4.98 Å². The Labute approximate surface area is 122 Å². The fourth-order valence-electron chi connectivity index (χ4n) is 2.07. The molecule has 0 unspecified atom stereocenters. The molecule has 1 aromatic carbocycles. The number of hydrogen-bond acceptors (Lipinski definition) is 4. The van der Waals surface area contributed by atoms with E-state index in [-0.39, 0.29) is 29.2 Å². The fourth-order valence-corrected chi connectivity index (χ4v) is 3.66. The summed E-state index contributed by atoms with van der Waals surface area (Å²) in [5.41, 5.74) is 1.85. The number of nitrogens with zero attached hydrogens (tertiary/aromatic N) is 2. The van der Waals surface area contributed by atoms with Crippen LogP contribution in [0.2, 0.25) is 0 Å². The largest absolute Gasteiger partial charge is 0.377 e. The van der Waals surface area contributed by atoms with E-state index in [0.717, 1.165) is 22.5 Å². The first-order chi connectivity index (χ1) is 9.56. The lowest BCUT2D eigenvalue weighted by Crippen LogP contribution is -2.38. The van der Waals surface area contributed by atoms with E-state index in [4.69, 9.17) is 0 Å². The van der Waals surface area contributed by atoms with Gasteiger partial charge >= 0.3 is 11.2 Å². The summed E-state index contributed by atoms with van der Waals surface area (Å²) < 4.78 is 28.2. The molecule has 2 heterocycles. The molecule has 0 radical (unpaired) electrons. The van der Waals surface area contributed by atoms with Crippen molar-refractivity contribution in [2.45, 2.75) is 22.7 Å². The number of halogens is 2. The molecule has 0 spiro atoms. The van der Waals surface area contributed by atoms with Crippen molar-refractivity contribution in [2.24, 2.45) is 0 Å². The van der Waals surface area contributed by atoms with Gasteiger partial charge in [0, 0.05) is 24.7 Å². The average molecular weight is 312 g/mol. The minimum Gasteiger partial charge on any atom is -0.328 e. The summed E-state index contributed by atoms with van der Waals surface area (Å²) in [6, 6.07) is 7.40. The van der Waals surface area contributed by atoms with Crippen LogP contribution in [0.25, 0.3) is 0 Å². The highest BCUT2D eigenvalue weighted by Gasteiger charge is 2.45. The van der Waals surface area contributed by atoms with Crippen LogP contribution >= 0.6 is 23.1 Å². The van der Waals surface area contributed by atoms with Gasteiger partial charge in [-0.1, -0.05) is 24.3 Å². The molecule has 1 aromatic heterocycles. The van der Waals surface area contributed by atoms with Crippen LogP contribution in [0.1, 0.15) is 11.1 Å². The number of amides is 1. The van der Waals surface area contributed by atoms with E-state index in [1.165, 1.54) is 11.1 Å². The molecule has 104 valence electrons. The number of hydrogen-bond donors (Lipinski definition) is 0. The quantitative estimate of drug-likeness (QED) is 0.815. The van der Waals surface area contributed by atoms with E-state index >= 15 is 0 Å². The number of carbonyl (C=O) groups is 1. The number of aromatic nitrogens is 1. The fraction of sp³-hybridized carbons (Fsp3) is 0.231. The molecular weight excluding hydrogens is 302 g/mol. The van der Waals surface area contributed by atoms with Crippen LogP contribution in [0.15, 0.2) is 40.2 Å². The van der Waals surface area contributed by atoms with E-state index in [1.54, 1.807) is 5.38 Å². The van der Waals surface area contributed by atoms with Gasteiger partial charge in [0.25, 0.3) is 0 Å². The molecule has 1 aliphatic rings. The molecule has 1 aliphatic heterocycles. The Morgan fingerprint density at radius 3 is 2.50 bits per heavy atom. The van der Waals surface area contributed by atoms with Gasteiger partial charge in [0.05, 0.1) is 0 Å². The van der Waals surface area contributed by atoms with Crippen molar-refractivity contribution in [3.8, 4) is 0 Å². The Bertz CT molecular complexity index is 606. The summed E-state index contributed by atoms with van der Waals surface area (Å²) in [7, 11) is 0. The molecule has 7 heteroatoms. The summed E-state index contributed by atoms with van der Waals surface area (Å²) in [5.74, 6) is -1.16. The maximum atomic E-state index is 14.0. The summed E-state index contributed by atoms with van der Waals surface area (Å²) in [4.78, 5) is 17.0. The molecule has 3 rings (SSSR count). The highest BCUT2D eigenvalue weighted by atomic mass is 32.2. The van der Waals surface area contributed by atoms with E-state index < -0.39 is 11.2 Å². The molecule has 2 aromatic rings. The van der Waals surface area contributed by atoms with Crippen LogP contribution in [0, 0.1) is 0 Å². The van der Waals surface area contributed by atoms with Gasteiger partial charge in [-0.2, -0.15) is 8.78 Å². The Hall–Kier alpha value is -1.47. The van der Waals surface area contributed by atoms with Gasteiger partial charge in [-0.3, -0.25) is 4.79 Å². The summed E-state index contributed by atoms with van der Waals surface area (Å²) in [6.07, 6.45) is 1.44. The van der Waals surface area contributed by atoms with Gasteiger partial charge in [-0.15, -0.1) is 11.3 Å². The zero-order valence-corrected chi connectivity index (χ0v) is 11.9. The summed E-state index contributed by atoms with van der Waals surface area (Å²) >= 11 is 1.31. The van der Waals surface area contributed by atoms with Crippen molar-refractivity contribution >= 4 is 29.0 Å². The minimum absolute atomic E-state index is 0.195. The van der Waals surface area contributed by atoms with Crippen LogP contribution in [0.3, 0.4) is 0 Å². The monoisotopic (exact) mass is 312 g/mol. The molecule has 0 bridgehead atoms. The van der Waals surface area contributed by atoms with Crippen LogP contribution < -0.4 is 0 Å².